The first-order valence-corrected chi connectivity index (χ1v) is 7.76. The summed E-state index contributed by atoms with van der Waals surface area (Å²) < 4.78 is 0. The van der Waals surface area contributed by atoms with Crippen LogP contribution in [0.3, 0.4) is 0 Å². The second kappa shape index (κ2) is 7.20. The predicted molar refractivity (Wildman–Crippen MR) is 89.5 cm³/mol. The van der Waals surface area contributed by atoms with Crippen LogP contribution in [0.5, 0.6) is 0 Å². The van der Waals surface area contributed by atoms with E-state index in [-0.39, 0.29) is 11.8 Å². The third-order valence-electron chi connectivity index (χ3n) is 3.81. The molecule has 3 amide bonds. The van der Waals surface area contributed by atoms with Gasteiger partial charge in [-0.25, -0.2) is 4.79 Å². The molecule has 130 valence electrons. The Balaban J connectivity index is 2.10. The van der Waals surface area contributed by atoms with Gasteiger partial charge in [0.05, 0.1) is 11.4 Å². The summed E-state index contributed by atoms with van der Waals surface area (Å²) in [4.78, 5) is 35.4. The van der Waals surface area contributed by atoms with E-state index in [2.05, 4.69) is 16.0 Å². The maximum absolute atomic E-state index is 12.4. The molecule has 1 aromatic carbocycles. The molecular formula is C16H22N4O4. The van der Waals surface area contributed by atoms with Crippen LogP contribution in [0.4, 0.5) is 16.2 Å². The van der Waals surface area contributed by atoms with Crippen LogP contribution >= 0.6 is 0 Å². The zero-order valence-corrected chi connectivity index (χ0v) is 13.6. The number of nitrogens with two attached hydrogens (primary N) is 1. The highest BCUT2D eigenvalue weighted by molar-refractivity contribution is 6.03. The minimum absolute atomic E-state index is 0.119. The fourth-order valence-corrected chi connectivity index (χ4v) is 2.71. The molecule has 0 bridgehead atoms. The van der Waals surface area contributed by atoms with Gasteiger partial charge in [-0.05, 0) is 24.0 Å². The van der Waals surface area contributed by atoms with Crippen molar-refractivity contribution < 1.29 is 19.5 Å². The molecule has 0 spiro atoms. The molecule has 0 saturated carbocycles. The zero-order chi connectivity index (χ0) is 17.9. The number of fused-ring (bicyclic) bond motifs is 1. The average Bonchev–Trinajstić information content (AvgIpc) is 2.47. The summed E-state index contributed by atoms with van der Waals surface area (Å²) in [5.74, 6) is -0.765. The maximum Gasteiger partial charge on any atom is 0.405 e. The first-order valence-electron chi connectivity index (χ1n) is 7.76. The van der Waals surface area contributed by atoms with Gasteiger partial charge in [-0.1, -0.05) is 26.0 Å². The van der Waals surface area contributed by atoms with Gasteiger partial charge in [-0.2, -0.15) is 0 Å². The number of hydrogen-bond donors (Lipinski definition) is 5. The Labute approximate surface area is 139 Å². The van der Waals surface area contributed by atoms with Crippen LogP contribution in [0.25, 0.3) is 0 Å². The van der Waals surface area contributed by atoms with E-state index in [1.54, 1.807) is 12.1 Å². The van der Waals surface area contributed by atoms with Crippen LogP contribution < -0.4 is 21.7 Å². The largest absolute Gasteiger partial charge is 0.465 e. The number of anilines is 2. The van der Waals surface area contributed by atoms with Crippen molar-refractivity contribution in [2.75, 3.05) is 11.1 Å². The zero-order valence-electron chi connectivity index (χ0n) is 13.6. The molecular weight excluding hydrogens is 312 g/mol. The summed E-state index contributed by atoms with van der Waals surface area (Å²) in [6.07, 6.45) is -0.628. The molecule has 2 atom stereocenters. The van der Waals surface area contributed by atoms with Gasteiger partial charge in [0.2, 0.25) is 11.8 Å². The monoisotopic (exact) mass is 334 g/mol. The molecule has 0 fully saturated rings. The number of benzene rings is 1. The summed E-state index contributed by atoms with van der Waals surface area (Å²) in [6.45, 7) is 3.77. The van der Waals surface area contributed by atoms with E-state index in [0.717, 1.165) is 5.56 Å². The summed E-state index contributed by atoms with van der Waals surface area (Å²) >= 11 is 0. The van der Waals surface area contributed by atoms with Crippen molar-refractivity contribution in [2.24, 2.45) is 5.92 Å². The second-order valence-corrected chi connectivity index (χ2v) is 6.27. The molecule has 0 radical (unpaired) electrons. The van der Waals surface area contributed by atoms with Crippen LogP contribution in [0, 0.1) is 5.92 Å². The van der Waals surface area contributed by atoms with E-state index >= 15 is 0 Å². The Bertz CT molecular complexity index is 659. The molecule has 0 aliphatic carbocycles. The first-order chi connectivity index (χ1) is 11.3. The molecule has 1 aliphatic rings. The summed E-state index contributed by atoms with van der Waals surface area (Å²) in [7, 11) is 0. The van der Waals surface area contributed by atoms with E-state index < -0.39 is 24.1 Å². The SMILES string of the molecule is CC(C)C[C@@H](NC(=O)O)C(=O)NC1Cc2cccc(N)c2NC1=O. The lowest BCUT2D eigenvalue weighted by Gasteiger charge is -2.28. The maximum atomic E-state index is 12.4. The Morgan fingerprint density at radius 1 is 1.42 bits per heavy atom. The first kappa shape index (κ1) is 17.6. The number of amides is 3. The summed E-state index contributed by atoms with van der Waals surface area (Å²) in [6, 6.07) is 3.62. The fourth-order valence-electron chi connectivity index (χ4n) is 2.71. The minimum atomic E-state index is -1.28. The number of carboxylic acid groups (broad SMARTS) is 1. The third kappa shape index (κ3) is 4.15. The van der Waals surface area contributed by atoms with Gasteiger partial charge in [0.15, 0.2) is 0 Å². The fraction of sp³-hybridized carbons (Fsp3) is 0.438. The quantitative estimate of drug-likeness (QED) is 0.511. The number of carbonyl (C=O) groups excluding carboxylic acids is 2. The lowest BCUT2D eigenvalue weighted by Crippen LogP contribution is -2.54. The van der Waals surface area contributed by atoms with Gasteiger partial charge in [0.1, 0.15) is 12.1 Å². The van der Waals surface area contributed by atoms with Crippen molar-refractivity contribution in [1.29, 1.82) is 0 Å². The van der Waals surface area contributed by atoms with Gasteiger partial charge >= 0.3 is 6.09 Å². The van der Waals surface area contributed by atoms with Crippen LogP contribution in [-0.4, -0.2) is 35.1 Å². The van der Waals surface area contributed by atoms with Crippen molar-refractivity contribution in [3.05, 3.63) is 23.8 Å². The highest BCUT2D eigenvalue weighted by atomic mass is 16.4. The number of hydrogen-bond acceptors (Lipinski definition) is 4. The van der Waals surface area contributed by atoms with E-state index in [0.29, 0.717) is 24.2 Å². The van der Waals surface area contributed by atoms with Gasteiger partial charge in [0, 0.05) is 6.42 Å². The molecule has 24 heavy (non-hydrogen) atoms. The number of para-hydroxylation sites is 1. The minimum Gasteiger partial charge on any atom is -0.465 e. The Morgan fingerprint density at radius 2 is 2.12 bits per heavy atom. The predicted octanol–water partition coefficient (Wildman–Crippen LogP) is 0.930. The number of nitrogen functional groups attached to an aromatic ring is 1. The van der Waals surface area contributed by atoms with Crippen LogP contribution in [0.15, 0.2) is 18.2 Å². The highest BCUT2D eigenvalue weighted by Crippen LogP contribution is 2.28. The number of nitrogens with one attached hydrogen (secondary N) is 3. The van der Waals surface area contributed by atoms with E-state index in [1.165, 1.54) is 0 Å². The Hall–Kier alpha value is -2.77. The van der Waals surface area contributed by atoms with Crippen LogP contribution in [0.1, 0.15) is 25.8 Å². The van der Waals surface area contributed by atoms with Gasteiger partial charge in [-0.15, -0.1) is 0 Å². The van der Waals surface area contributed by atoms with Gasteiger partial charge < -0.3 is 26.8 Å². The standard InChI is InChI=1S/C16H22N4O4/c1-8(2)6-11(19-16(23)24)14(21)18-12-7-9-4-3-5-10(17)13(9)20-15(12)22/h3-5,8,11-12,19H,6-7,17H2,1-2H3,(H,18,21)(H,20,22)(H,23,24)/t11-,12?/m1/s1. The normalized spacial score (nSPS) is 17.6. The van der Waals surface area contributed by atoms with Gasteiger partial charge in [-0.3, -0.25) is 9.59 Å². The summed E-state index contributed by atoms with van der Waals surface area (Å²) in [5.41, 5.74) is 7.69. The van der Waals surface area contributed by atoms with Crippen molar-refractivity contribution in [2.45, 2.75) is 38.8 Å². The van der Waals surface area contributed by atoms with E-state index in [9.17, 15) is 14.4 Å². The number of carbonyl (C=O) groups is 3. The molecule has 2 rings (SSSR count). The van der Waals surface area contributed by atoms with Crippen LogP contribution in [-0.2, 0) is 16.0 Å². The number of rotatable bonds is 5. The molecule has 1 unspecified atom stereocenters. The molecule has 0 aromatic heterocycles. The Kier molecular flexibility index (Phi) is 5.28. The third-order valence-corrected chi connectivity index (χ3v) is 3.81. The van der Waals surface area contributed by atoms with E-state index in [1.807, 2.05) is 19.9 Å². The summed E-state index contributed by atoms with van der Waals surface area (Å²) in [5, 5.41) is 16.4. The topological polar surface area (TPSA) is 134 Å². The molecule has 1 heterocycles. The van der Waals surface area contributed by atoms with Crippen molar-refractivity contribution in [3.63, 3.8) is 0 Å². The van der Waals surface area contributed by atoms with Crippen molar-refractivity contribution in [3.8, 4) is 0 Å². The molecule has 8 nitrogen and oxygen atoms in total. The lowest BCUT2D eigenvalue weighted by molar-refractivity contribution is -0.128. The average molecular weight is 334 g/mol. The molecule has 1 aliphatic heterocycles. The Morgan fingerprint density at radius 3 is 2.75 bits per heavy atom. The van der Waals surface area contributed by atoms with E-state index in [4.69, 9.17) is 10.8 Å². The second-order valence-electron chi connectivity index (χ2n) is 6.27. The van der Waals surface area contributed by atoms with Crippen molar-refractivity contribution >= 4 is 29.3 Å². The van der Waals surface area contributed by atoms with Gasteiger partial charge in [0.25, 0.3) is 0 Å². The molecule has 1 aromatic rings. The van der Waals surface area contributed by atoms with Crippen LogP contribution in [0.2, 0.25) is 0 Å². The lowest BCUT2D eigenvalue weighted by atomic mass is 9.97. The molecule has 6 N–H and O–H groups in total. The molecule has 8 heteroatoms. The molecule has 0 saturated heterocycles. The highest BCUT2D eigenvalue weighted by Gasteiger charge is 2.31. The smallest absolute Gasteiger partial charge is 0.405 e. The van der Waals surface area contributed by atoms with Crippen molar-refractivity contribution in [1.82, 2.24) is 10.6 Å².